The van der Waals surface area contributed by atoms with E-state index in [0.29, 0.717) is 0 Å². The molecule has 0 aliphatic rings. The van der Waals surface area contributed by atoms with Gasteiger partial charge in [0.2, 0.25) is 0 Å². The Bertz CT molecular complexity index is 612. The van der Waals surface area contributed by atoms with Crippen LogP contribution in [0.25, 0.3) is 0 Å². The van der Waals surface area contributed by atoms with E-state index in [0.717, 1.165) is 21.9 Å². The molecule has 0 bridgehead atoms. The lowest BCUT2D eigenvalue weighted by Crippen LogP contribution is -2.23. The van der Waals surface area contributed by atoms with Gasteiger partial charge >= 0.3 is 0 Å². The van der Waals surface area contributed by atoms with Gasteiger partial charge < -0.3 is 10.1 Å². The number of hydrogen-bond donors (Lipinski definition) is 1. The molecular weight excluding hydrogens is 282 g/mol. The number of benzene rings is 2. The van der Waals surface area contributed by atoms with Crippen LogP contribution in [0.4, 0.5) is 0 Å². The van der Waals surface area contributed by atoms with E-state index in [1.807, 2.05) is 18.2 Å². The lowest BCUT2D eigenvalue weighted by atomic mass is 10.0. The molecule has 0 aromatic heterocycles. The van der Waals surface area contributed by atoms with Gasteiger partial charge in [-0.25, -0.2) is 0 Å². The minimum atomic E-state index is 0.166. The largest absolute Gasteiger partial charge is 0.496 e. The van der Waals surface area contributed by atoms with Gasteiger partial charge in [0.1, 0.15) is 5.75 Å². The van der Waals surface area contributed by atoms with Gasteiger partial charge in [-0.15, -0.1) is 0 Å². The fraction of sp³-hybridized carbons (Fsp3) is 0.333. The molecule has 3 heteroatoms. The number of hydrogen-bond acceptors (Lipinski definition) is 2. The molecule has 0 aliphatic carbocycles. The summed E-state index contributed by atoms with van der Waals surface area (Å²) in [6, 6.07) is 14.6. The Kier molecular flexibility index (Phi) is 5.27. The normalized spacial score (nSPS) is 13.8. The zero-order chi connectivity index (χ0) is 15.4. The Morgan fingerprint density at radius 1 is 1.00 bits per heavy atom. The number of aryl methyl sites for hydroxylation is 1. The van der Waals surface area contributed by atoms with Gasteiger partial charge in [-0.1, -0.05) is 41.9 Å². The second-order valence-electron chi connectivity index (χ2n) is 5.38. The first-order valence-corrected chi connectivity index (χ1v) is 7.55. The maximum atomic E-state index is 6.26. The predicted octanol–water partition coefficient (Wildman–Crippen LogP) is 5.07. The van der Waals surface area contributed by atoms with E-state index in [2.05, 4.69) is 50.4 Å². The van der Waals surface area contributed by atoms with E-state index in [1.54, 1.807) is 7.11 Å². The molecule has 112 valence electrons. The summed E-state index contributed by atoms with van der Waals surface area (Å²) < 4.78 is 5.49. The van der Waals surface area contributed by atoms with Gasteiger partial charge in [0.25, 0.3) is 0 Å². The molecule has 2 aromatic rings. The Balaban J connectivity index is 2.18. The zero-order valence-electron chi connectivity index (χ0n) is 13.0. The third-order valence-corrected chi connectivity index (χ3v) is 4.07. The van der Waals surface area contributed by atoms with Crippen LogP contribution in [-0.2, 0) is 0 Å². The van der Waals surface area contributed by atoms with Crippen LogP contribution >= 0.6 is 11.6 Å². The number of rotatable bonds is 5. The van der Waals surface area contributed by atoms with Crippen LogP contribution in [0.5, 0.6) is 5.75 Å². The zero-order valence-corrected chi connectivity index (χ0v) is 13.7. The molecule has 1 unspecified atom stereocenters. The third-order valence-electron chi connectivity index (χ3n) is 3.73. The van der Waals surface area contributed by atoms with Crippen molar-refractivity contribution < 1.29 is 4.74 Å². The van der Waals surface area contributed by atoms with E-state index in [9.17, 15) is 0 Å². The highest BCUT2D eigenvalue weighted by molar-refractivity contribution is 6.31. The molecule has 0 saturated carbocycles. The minimum Gasteiger partial charge on any atom is -0.496 e. The molecule has 1 N–H and O–H groups in total. The quantitative estimate of drug-likeness (QED) is 0.832. The Labute approximate surface area is 132 Å². The molecule has 2 aromatic carbocycles. The number of halogens is 1. The average molecular weight is 304 g/mol. The van der Waals surface area contributed by atoms with E-state index in [-0.39, 0.29) is 12.1 Å². The van der Waals surface area contributed by atoms with Crippen molar-refractivity contribution in [2.75, 3.05) is 7.11 Å². The van der Waals surface area contributed by atoms with E-state index >= 15 is 0 Å². The molecule has 21 heavy (non-hydrogen) atoms. The lowest BCUT2D eigenvalue weighted by molar-refractivity contribution is 0.396. The van der Waals surface area contributed by atoms with Crippen molar-refractivity contribution in [1.82, 2.24) is 5.32 Å². The maximum Gasteiger partial charge on any atom is 0.123 e. The van der Waals surface area contributed by atoms with E-state index in [4.69, 9.17) is 16.3 Å². The van der Waals surface area contributed by atoms with Crippen LogP contribution in [-0.4, -0.2) is 7.11 Å². The van der Waals surface area contributed by atoms with Crippen LogP contribution in [0, 0.1) is 6.92 Å². The summed E-state index contributed by atoms with van der Waals surface area (Å²) >= 11 is 6.26. The smallest absolute Gasteiger partial charge is 0.123 e. The highest BCUT2D eigenvalue weighted by Crippen LogP contribution is 2.29. The molecule has 0 heterocycles. The Morgan fingerprint density at radius 3 is 2.33 bits per heavy atom. The molecule has 2 nitrogen and oxygen atoms in total. The minimum absolute atomic E-state index is 0.166. The molecule has 0 fully saturated rings. The van der Waals surface area contributed by atoms with Crippen molar-refractivity contribution in [2.24, 2.45) is 0 Å². The molecule has 0 saturated heterocycles. The number of ether oxygens (including phenoxy) is 1. The highest BCUT2D eigenvalue weighted by Gasteiger charge is 2.16. The van der Waals surface area contributed by atoms with Gasteiger partial charge in [0.05, 0.1) is 7.11 Å². The van der Waals surface area contributed by atoms with Crippen molar-refractivity contribution in [1.29, 1.82) is 0 Å². The number of methoxy groups -OCH3 is 1. The van der Waals surface area contributed by atoms with Gasteiger partial charge in [-0.3, -0.25) is 0 Å². The third kappa shape index (κ3) is 3.78. The van der Waals surface area contributed by atoms with Crippen molar-refractivity contribution >= 4 is 11.6 Å². The summed E-state index contributed by atoms with van der Waals surface area (Å²) in [6.45, 7) is 6.33. The van der Waals surface area contributed by atoms with Crippen molar-refractivity contribution in [3.63, 3.8) is 0 Å². The van der Waals surface area contributed by atoms with Gasteiger partial charge in [0, 0.05) is 22.7 Å². The lowest BCUT2D eigenvalue weighted by Gasteiger charge is -2.23. The van der Waals surface area contributed by atoms with Crippen molar-refractivity contribution in [3.05, 3.63) is 64.2 Å². The summed E-state index contributed by atoms with van der Waals surface area (Å²) in [4.78, 5) is 0. The Morgan fingerprint density at radius 2 is 1.67 bits per heavy atom. The summed E-state index contributed by atoms with van der Waals surface area (Å²) in [5, 5.41) is 4.38. The first kappa shape index (κ1) is 15.9. The van der Waals surface area contributed by atoms with E-state index < -0.39 is 0 Å². The van der Waals surface area contributed by atoms with Crippen molar-refractivity contribution in [2.45, 2.75) is 32.9 Å². The first-order valence-electron chi connectivity index (χ1n) is 7.18. The molecule has 0 amide bonds. The highest BCUT2D eigenvalue weighted by atomic mass is 35.5. The maximum absolute atomic E-state index is 6.26. The van der Waals surface area contributed by atoms with Crippen LogP contribution in [0.2, 0.25) is 5.02 Å². The molecular formula is C18H22ClNO. The fourth-order valence-corrected chi connectivity index (χ4v) is 2.86. The summed E-state index contributed by atoms with van der Waals surface area (Å²) in [5.74, 6) is 0.918. The van der Waals surface area contributed by atoms with Crippen LogP contribution in [0.1, 0.15) is 42.6 Å². The molecule has 0 spiro atoms. The van der Waals surface area contributed by atoms with Crippen molar-refractivity contribution in [3.8, 4) is 5.75 Å². The van der Waals surface area contributed by atoms with Gasteiger partial charge in [0.15, 0.2) is 0 Å². The summed E-state index contributed by atoms with van der Waals surface area (Å²) in [7, 11) is 1.71. The van der Waals surface area contributed by atoms with Crippen LogP contribution in [0.15, 0.2) is 42.5 Å². The second-order valence-corrected chi connectivity index (χ2v) is 5.78. The molecule has 2 rings (SSSR count). The topological polar surface area (TPSA) is 21.3 Å². The number of nitrogens with one attached hydrogen (secondary N) is 1. The van der Waals surface area contributed by atoms with Gasteiger partial charge in [-0.2, -0.15) is 0 Å². The average Bonchev–Trinajstić information content (AvgIpc) is 2.47. The summed E-state index contributed by atoms with van der Waals surface area (Å²) in [6.07, 6.45) is 0. The van der Waals surface area contributed by atoms with Gasteiger partial charge in [-0.05, 0) is 44.0 Å². The van der Waals surface area contributed by atoms with Crippen LogP contribution < -0.4 is 10.1 Å². The standard InChI is InChI=1S/C18H22ClNO/c1-12-9-10-16(18(11-12)21-4)14(3)20-13(2)15-7-5-6-8-17(15)19/h5-11,13-14,20H,1-4H3/t13-,14?/m1/s1. The molecule has 0 aliphatic heterocycles. The molecule has 2 atom stereocenters. The monoisotopic (exact) mass is 303 g/mol. The fourth-order valence-electron chi connectivity index (χ4n) is 2.56. The first-order chi connectivity index (χ1) is 10.0. The van der Waals surface area contributed by atoms with E-state index in [1.165, 1.54) is 5.56 Å². The second kappa shape index (κ2) is 6.97. The van der Waals surface area contributed by atoms with Crippen LogP contribution in [0.3, 0.4) is 0 Å². The molecule has 0 radical (unpaired) electrons. The Hall–Kier alpha value is -1.51. The SMILES string of the molecule is COc1cc(C)ccc1C(C)N[C@H](C)c1ccccc1Cl. The summed E-state index contributed by atoms with van der Waals surface area (Å²) in [5.41, 5.74) is 3.46. The predicted molar refractivity (Wildman–Crippen MR) is 89.1 cm³/mol.